The highest BCUT2D eigenvalue weighted by Crippen LogP contribution is 2.42. The zero-order valence-corrected chi connectivity index (χ0v) is 25.6. The van der Waals surface area contributed by atoms with Gasteiger partial charge in [0.15, 0.2) is 17.3 Å². The quantitative estimate of drug-likeness (QED) is 0.217. The minimum atomic E-state index is -4.18. The highest BCUT2D eigenvalue weighted by Gasteiger charge is 2.38. The van der Waals surface area contributed by atoms with Gasteiger partial charge in [0.25, 0.3) is 5.79 Å². The molecule has 0 saturated carbocycles. The largest absolute Gasteiger partial charge is 0.448 e. The summed E-state index contributed by atoms with van der Waals surface area (Å²) in [6.45, 7) is 8.58. The Kier molecular flexibility index (Phi) is 10.9. The number of ether oxygens (including phenoxy) is 3. The molecule has 2 fully saturated rings. The van der Waals surface area contributed by atoms with Crippen LogP contribution in [-0.4, -0.2) is 111 Å². The number of nitrogens with zero attached hydrogens (tertiary/aromatic N) is 6. The average molecular weight is 607 g/mol. The van der Waals surface area contributed by atoms with Crippen LogP contribution in [0.15, 0.2) is 29.4 Å². The van der Waals surface area contributed by atoms with Gasteiger partial charge in [-0.05, 0) is 37.9 Å². The summed E-state index contributed by atoms with van der Waals surface area (Å²) in [6.07, 6.45) is 3.20. The van der Waals surface area contributed by atoms with Gasteiger partial charge in [-0.15, -0.1) is 0 Å². The Labute approximate surface area is 247 Å². The number of hydrogen-bond donors (Lipinski definition) is 3. The van der Waals surface area contributed by atoms with Gasteiger partial charge in [0.1, 0.15) is 11.6 Å². The second-order valence-electron chi connectivity index (χ2n) is 10.2. The highest BCUT2D eigenvalue weighted by atomic mass is 32.2. The second-order valence-corrected chi connectivity index (χ2v) is 11.6. The lowest BCUT2D eigenvalue weighted by Gasteiger charge is -2.32. The van der Waals surface area contributed by atoms with Crippen LogP contribution in [-0.2, 0) is 21.6 Å². The van der Waals surface area contributed by atoms with Gasteiger partial charge in [-0.3, -0.25) is 14.9 Å². The maximum absolute atomic E-state index is 11.4. The van der Waals surface area contributed by atoms with Gasteiger partial charge in [-0.2, -0.15) is 17.8 Å². The number of nitrogens with one attached hydrogen (secondary N) is 2. The molecule has 3 N–H and O–H groups in total. The van der Waals surface area contributed by atoms with E-state index in [0.717, 1.165) is 47.4 Å². The Morgan fingerprint density at radius 1 is 1.00 bits per heavy atom. The Morgan fingerprint density at radius 2 is 1.67 bits per heavy atom. The molecular weight excluding hydrogens is 564 g/mol. The SMILES string of the molecule is CCC1(CC)Oc2ccc(/C=N/Nc3cc(N4CCOCC4)nc(CN4CCN(S(=O)(=O)O)CC4)n3)cc2O1.CNC. The van der Waals surface area contributed by atoms with Crippen molar-refractivity contribution in [2.75, 3.05) is 76.9 Å². The molecule has 5 rings (SSSR count). The Morgan fingerprint density at radius 3 is 2.31 bits per heavy atom. The van der Waals surface area contributed by atoms with Crippen molar-refractivity contribution in [2.45, 2.75) is 39.0 Å². The maximum atomic E-state index is 11.4. The number of hydrogen-bond acceptors (Lipinski definition) is 12. The first-order valence-corrected chi connectivity index (χ1v) is 15.6. The molecule has 3 aliphatic heterocycles. The topological polar surface area (TPSA) is 154 Å². The molecule has 15 heteroatoms. The van der Waals surface area contributed by atoms with E-state index in [1.54, 1.807) is 6.21 Å². The summed E-state index contributed by atoms with van der Waals surface area (Å²) in [5, 5.41) is 7.16. The molecule has 2 saturated heterocycles. The lowest BCUT2D eigenvalue weighted by Crippen LogP contribution is -2.48. The van der Waals surface area contributed by atoms with Gasteiger partial charge < -0.3 is 24.4 Å². The molecule has 0 bridgehead atoms. The Balaban J connectivity index is 0.00000129. The van der Waals surface area contributed by atoms with E-state index in [9.17, 15) is 13.0 Å². The van der Waals surface area contributed by atoms with Crippen molar-refractivity contribution in [3.63, 3.8) is 0 Å². The van der Waals surface area contributed by atoms with E-state index in [1.165, 1.54) is 0 Å². The summed E-state index contributed by atoms with van der Waals surface area (Å²) in [5.74, 6) is 2.74. The zero-order chi connectivity index (χ0) is 30.2. The van der Waals surface area contributed by atoms with Crippen molar-refractivity contribution in [1.82, 2.24) is 24.5 Å². The molecule has 0 unspecified atom stereocenters. The molecule has 1 aromatic carbocycles. The summed E-state index contributed by atoms with van der Waals surface area (Å²) < 4.78 is 50.8. The first-order valence-electron chi connectivity index (χ1n) is 14.2. The number of anilines is 2. The van der Waals surface area contributed by atoms with Crippen LogP contribution in [0.3, 0.4) is 0 Å². The third kappa shape index (κ3) is 8.26. The van der Waals surface area contributed by atoms with E-state index >= 15 is 0 Å². The molecule has 0 aliphatic carbocycles. The van der Waals surface area contributed by atoms with Crippen LogP contribution in [0.5, 0.6) is 11.5 Å². The molecule has 0 spiro atoms. The molecule has 3 aliphatic rings. The second kappa shape index (κ2) is 14.4. The summed E-state index contributed by atoms with van der Waals surface area (Å²) in [5.41, 5.74) is 3.89. The number of hydrazone groups is 1. The smallest absolute Gasteiger partial charge is 0.335 e. The van der Waals surface area contributed by atoms with Gasteiger partial charge in [0, 0.05) is 58.2 Å². The van der Waals surface area contributed by atoms with Crippen LogP contribution in [0.4, 0.5) is 11.6 Å². The molecule has 232 valence electrons. The van der Waals surface area contributed by atoms with E-state index < -0.39 is 16.1 Å². The van der Waals surface area contributed by atoms with Gasteiger partial charge >= 0.3 is 10.3 Å². The molecular formula is C27H42N8O6S. The fourth-order valence-electron chi connectivity index (χ4n) is 4.79. The predicted octanol–water partition coefficient (Wildman–Crippen LogP) is 1.80. The third-order valence-electron chi connectivity index (χ3n) is 7.15. The lowest BCUT2D eigenvalue weighted by molar-refractivity contribution is -0.0843. The summed E-state index contributed by atoms with van der Waals surface area (Å²) >= 11 is 0. The fourth-order valence-corrected chi connectivity index (χ4v) is 5.41. The monoisotopic (exact) mass is 606 g/mol. The molecule has 0 amide bonds. The van der Waals surface area contributed by atoms with Gasteiger partial charge in [0.05, 0.1) is 26.0 Å². The molecule has 14 nitrogen and oxygen atoms in total. The number of rotatable bonds is 9. The molecule has 2 aromatic rings. The lowest BCUT2D eigenvalue weighted by atomic mass is 10.1. The number of fused-ring (bicyclic) bond motifs is 1. The van der Waals surface area contributed by atoms with E-state index in [0.29, 0.717) is 50.2 Å². The van der Waals surface area contributed by atoms with Crippen LogP contribution in [0, 0.1) is 0 Å². The summed E-state index contributed by atoms with van der Waals surface area (Å²) in [6, 6.07) is 7.58. The van der Waals surface area contributed by atoms with E-state index in [-0.39, 0.29) is 13.1 Å². The Bertz CT molecular complexity index is 1310. The molecule has 4 heterocycles. The predicted molar refractivity (Wildman–Crippen MR) is 161 cm³/mol. The first-order chi connectivity index (χ1) is 20.2. The van der Waals surface area contributed by atoms with Crippen LogP contribution >= 0.6 is 0 Å². The number of piperazine rings is 1. The highest BCUT2D eigenvalue weighted by molar-refractivity contribution is 7.83. The number of aromatic nitrogens is 2. The zero-order valence-electron chi connectivity index (χ0n) is 24.7. The average Bonchev–Trinajstić information content (AvgIpc) is 3.37. The molecule has 0 radical (unpaired) electrons. The van der Waals surface area contributed by atoms with Crippen LogP contribution in [0.1, 0.15) is 38.1 Å². The van der Waals surface area contributed by atoms with E-state index in [1.807, 2.05) is 52.2 Å². The van der Waals surface area contributed by atoms with Crippen molar-refractivity contribution < 1.29 is 27.2 Å². The summed E-state index contributed by atoms with van der Waals surface area (Å²) in [7, 11) is -0.429. The fraction of sp³-hybridized carbons (Fsp3) is 0.593. The van der Waals surface area contributed by atoms with Crippen molar-refractivity contribution >= 4 is 28.2 Å². The molecule has 1 aromatic heterocycles. The summed E-state index contributed by atoms with van der Waals surface area (Å²) in [4.78, 5) is 13.6. The van der Waals surface area contributed by atoms with Gasteiger partial charge in [-0.25, -0.2) is 9.97 Å². The normalized spacial score (nSPS) is 19.0. The molecule has 42 heavy (non-hydrogen) atoms. The van der Waals surface area contributed by atoms with Gasteiger partial charge in [-0.1, -0.05) is 13.8 Å². The van der Waals surface area contributed by atoms with E-state index in [4.69, 9.17) is 19.2 Å². The first kappa shape index (κ1) is 31.8. The number of morpholine rings is 1. The van der Waals surface area contributed by atoms with Gasteiger partial charge in [0.2, 0.25) is 0 Å². The maximum Gasteiger partial charge on any atom is 0.335 e. The third-order valence-corrected chi connectivity index (χ3v) is 8.16. The van der Waals surface area contributed by atoms with Crippen LogP contribution < -0.4 is 25.1 Å². The Hall–Kier alpha value is -3.08. The minimum Gasteiger partial charge on any atom is -0.448 e. The van der Waals surface area contributed by atoms with Crippen LogP contribution in [0.2, 0.25) is 0 Å². The van der Waals surface area contributed by atoms with Crippen molar-refractivity contribution in [3.05, 3.63) is 35.7 Å². The van der Waals surface area contributed by atoms with Crippen LogP contribution in [0.25, 0.3) is 0 Å². The molecule has 0 atom stereocenters. The minimum absolute atomic E-state index is 0.213. The van der Waals surface area contributed by atoms with Crippen molar-refractivity contribution in [1.29, 1.82) is 0 Å². The van der Waals surface area contributed by atoms with E-state index in [2.05, 4.69) is 30.6 Å². The number of benzene rings is 1. The van der Waals surface area contributed by atoms with Crippen molar-refractivity contribution in [3.8, 4) is 11.5 Å². The van der Waals surface area contributed by atoms with Crippen molar-refractivity contribution in [2.24, 2.45) is 5.10 Å². The standard InChI is InChI=1S/C25H35N7O6S.C2H7N/c1-3-25(4-2)37-20-6-5-19(15-21(20)38-25)17-26-29-22-16-24(31-11-13-36-14-12-31)28-23(27-22)18-30-7-9-32(10-8-30)39(33,34)35;1-3-2/h5-6,15-17H,3-4,7-14,18H2,1-2H3,(H,27,28,29)(H,33,34,35);3H,1-2H3/b26-17+;.